The smallest absolute Gasteiger partial charge is 0.0874 e. The van der Waals surface area contributed by atoms with Crippen molar-refractivity contribution >= 4 is 11.4 Å². The van der Waals surface area contributed by atoms with Crippen molar-refractivity contribution in [3.8, 4) is 0 Å². The van der Waals surface area contributed by atoms with Crippen molar-refractivity contribution < 1.29 is 0 Å². The Balaban J connectivity index is 1.83. The highest BCUT2D eigenvalue weighted by atomic mass is 15.6. The SMILES string of the molecule is c1ccc(N=NN(c2ccccc2)C2CCCCC2)cc1. The summed E-state index contributed by atoms with van der Waals surface area (Å²) < 4.78 is 0. The number of para-hydroxylation sites is 1. The molecule has 0 spiro atoms. The molecule has 0 unspecified atom stereocenters. The van der Waals surface area contributed by atoms with E-state index < -0.39 is 0 Å². The minimum absolute atomic E-state index is 0.466. The average molecular weight is 279 g/mol. The van der Waals surface area contributed by atoms with Crippen LogP contribution in [0.1, 0.15) is 32.1 Å². The molecule has 0 aromatic heterocycles. The normalized spacial score (nSPS) is 16.2. The van der Waals surface area contributed by atoms with E-state index in [1.165, 1.54) is 32.1 Å². The van der Waals surface area contributed by atoms with Crippen molar-refractivity contribution in [3.05, 3.63) is 60.7 Å². The fraction of sp³-hybridized carbons (Fsp3) is 0.333. The van der Waals surface area contributed by atoms with Gasteiger partial charge in [-0.15, -0.1) is 5.11 Å². The highest BCUT2D eigenvalue weighted by Crippen LogP contribution is 2.28. The zero-order valence-electron chi connectivity index (χ0n) is 12.2. The highest BCUT2D eigenvalue weighted by Gasteiger charge is 2.21. The van der Waals surface area contributed by atoms with Crippen LogP contribution in [0.3, 0.4) is 0 Å². The molecule has 0 heterocycles. The molecule has 0 saturated heterocycles. The predicted octanol–water partition coefficient (Wildman–Crippen LogP) is 5.52. The molecule has 0 aliphatic heterocycles. The minimum Gasteiger partial charge on any atom is -0.244 e. The van der Waals surface area contributed by atoms with Crippen LogP contribution in [0.2, 0.25) is 0 Å². The lowest BCUT2D eigenvalue weighted by Crippen LogP contribution is -2.32. The molecule has 3 heteroatoms. The molecule has 2 aromatic carbocycles. The zero-order chi connectivity index (χ0) is 14.3. The van der Waals surface area contributed by atoms with Crippen LogP contribution < -0.4 is 5.01 Å². The van der Waals surface area contributed by atoms with Crippen LogP contribution in [-0.4, -0.2) is 6.04 Å². The van der Waals surface area contributed by atoms with Gasteiger partial charge in [0.1, 0.15) is 0 Å². The van der Waals surface area contributed by atoms with Gasteiger partial charge in [0, 0.05) is 0 Å². The van der Waals surface area contributed by atoms with Gasteiger partial charge in [0.25, 0.3) is 0 Å². The number of rotatable bonds is 4. The summed E-state index contributed by atoms with van der Waals surface area (Å²) in [7, 11) is 0. The standard InChI is InChI=1S/C18H21N3/c1-4-10-16(11-5-1)19-20-21(17-12-6-2-7-13-17)18-14-8-3-9-15-18/h1-2,4-7,10-13,18H,3,8-9,14-15H2. The van der Waals surface area contributed by atoms with E-state index in [4.69, 9.17) is 0 Å². The molecule has 1 fully saturated rings. The van der Waals surface area contributed by atoms with Gasteiger partial charge < -0.3 is 0 Å². The van der Waals surface area contributed by atoms with E-state index in [2.05, 4.69) is 39.6 Å². The van der Waals surface area contributed by atoms with Crippen LogP contribution >= 0.6 is 0 Å². The van der Waals surface area contributed by atoms with E-state index >= 15 is 0 Å². The maximum atomic E-state index is 4.55. The summed E-state index contributed by atoms with van der Waals surface area (Å²) in [5.74, 6) is 0. The van der Waals surface area contributed by atoms with E-state index in [0.717, 1.165) is 11.4 Å². The molecule has 21 heavy (non-hydrogen) atoms. The first-order chi connectivity index (χ1) is 10.4. The van der Waals surface area contributed by atoms with Gasteiger partial charge in [-0.25, -0.2) is 5.01 Å². The summed E-state index contributed by atoms with van der Waals surface area (Å²) in [6.07, 6.45) is 6.31. The van der Waals surface area contributed by atoms with Gasteiger partial charge >= 0.3 is 0 Å². The van der Waals surface area contributed by atoms with Crippen LogP contribution in [0.15, 0.2) is 71.0 Å². The Bertz CT molecular complexity index is 560. The first-order valence-electron chi connectivity index (χ1n) is 7.74. The van der Waals surface area contributed by atoms with Crippen LogP contribution in [-0.2, 0) is 0 Å². The number of hydrogen-bond donors (Lipinski definition) is 0. The molecule has 108 valence electrons. The molecule has 3 rings (SSSR count). The van der Waals surface area contributed by atoms with Gasteiger partial charge in [-0.1, -0.05) is 60.9 Å². The summed E-state index contributed by atoms with van der Waals surface area (Å²) in [6, 6.07) is 20.8. The first kappa shape index (κ1) is 13.8. The summed E-state index contributed by atoms with van der Waals surface area (Å²) in [5.41, 5.74) is 2.03. The summed E-state index contributed by atoms with van der Waals surface area (Å²) >= 11 is 0. The Morgan fingerprint density at radius 2 is 1.38 bits per heavy atom. The third-order valence-corrected chi connectivity index (χ3v) is 3.95. The number of hydrogen-bond acceptors (Lipinski definition) is 2. The lowest BCUT2D eigenvalue weighted by Gasteiger charge is -2.31. The van der Waals surface area contributed by atoms with Gasteiger partial charge in [0.2, 0.25) is 0 Å². The molecular formula is C18H21N3. The second kappa shape index (κ2) is 7.02. The topological polar surface area (TPSA) is 28.0 Å². The molecule has 0 bridgehead atoms. The Morgan fingerprint density at radius 3 is 2.05 bits per heavy atom. The first-order valence-corrected chi connectivity index (χ1v) is 7.74. The van der Waals surface area contributed by atoms with Crippen molar-refractivity contribution in [1.82, 2.24) is 0 Å². The third kappa shape index (κ3) is 3.69. The number of benzene rings is 2. The Morgan fingerprint density at radius 1 is 0.762 bits per heavy atom. The van der Waals surface area contributed by atoms with E-state index in [1.807, 2.05) is 36.4 Å². The Hall–Kier alpha value is -2.16. The number of anilines is 1. The minimum atomic E-state index is 0.466. The fourth-order valence-electron chi connectivity index (χ4n) is 2.84. The average Bonchev–Trinajstić information content (AvgIpc) is 2.58. The summed E-state index contributed by atoms with van der Waals surface area (Å²) in [4.78, 5) is 0. The fourth-order valence-corrected chi connectivity index (χ4v) is 2.84. The van der Waals surface area contributed by atoms with Crippen molar-refractivity contribution in [2.45, 2.75) is 38.1 Å². The van der Waals surface area contributed by atoms with E-state index in [0.29, 0.717) is 6.04 Å². The lowest BCUT2D eigenvalue weighted by atomic mass is 9.95. The summed E-state index contributed by atoms with van der Waals surface area (Å²) in [6.45, 7) is 0. The second-order valence-corrected chi connectivity index (χ2v) is 5.50. The maximum absolute atomic E-state index is 4.55. The third-order valence-electron chi connectivity index (χ3n) is 3.95. The lowest BCUT2D eigenvalue weighted by molar-refractivity contribution is 0.414. The van der Waals surface area contributed by atoms with Crippen molar-refractivity contribution in [2.75, 3.05) is 5.01 Å². The second-order valence-electron chi connectivity index (χ2n) is 5.50. The van der Waals surface area contributed by atoms with Crippen LogP contribution in [0.25, 0.3) is 0 Å². The predicted molar refractivity (Wildman–Crippen MR) is 86.8 cm³/mol. The zero-order valence-corrected chi connectivity index (χ0v) is 12.2. The van der Waals surface area contributed by atoms with E-state index in [9.17, 15) is 0 Å². The van der Waals surface area contributed by atoms with Gasteiger partial charge in [-0.2, -0.15) is 0 Å². The molecule has 0 atom stereocenters. The largest absolute Gasteiger partial charge is 0.244 e. The van der Waals surface area contributed by atoms with E-state index in [-0.39, 0.29) is 0 Å². The highest BCUT2D eigenvalue weighted by molar-refractivity contribution is 5.46. The molecular weight excluding hydrogens is 258 g/mol. The van der Waals surface area contributed by atoms with Crippen LogP contribution in [0.4, 0.5) is 11.4 Å². The molecule has 0 radical (unpaired) electrons. The Labute approximate surface area is 126 Å². The van der Waals surface area contributed by atoms with Gasteiger partial charge in [0.05, 0.1) is 17.4 Å². The monoisotopic (exact) mass is 279 g/mol. The molecule has 1 aliphatic rings. The maximum Gasteiger partial charge on any atom is 0.0874 e. The van der Waals surface area contributed by atoms with Crippen molar-refractivity contribution in [3.63, 3.8) is 0 Å². The number of nitrogens with zero attached hydrogens (tertiary/aromatic N) is 3. The summed E-state index contributed by atoms with van der Waals surface area (Å²) in [5, 5.41) is 11.1. The van der Waals surface area contributed by atoms with Crippen LogP contribution in [0.5, 0.6) is 0 Å². The molecule has 0 amide bonds. The van der Waals surface area contributed by atoms with Crippen LogP contribution in [0, 0.1) is 0 Å². The van der Waals surface area contributed by atoms with Gasteiger partial charge in [0.15, 0.2) is 0 Å². The van der Waals surface area contributed by atoms with Crippen molar-refractivity contribution in [1.29, 1.82) is 0 Å². The van der Waals surface area contributed by atoms with Gasteiger partial charge in [-0.3, -0.25) is 0 Å². The molecule has 3 nitrogen and oxygen atoms in total. The molecule has 2 aromatic rings. The molecule has 1 aliphatic carbocycles. The Kier molecular flexibility index (Phi) is 4.62. The van der Waals surface area contributed by atoms with E-state index in [1.54, 1.807) is 0 Å². The molecule has 0 N–H and O–H groups in total. The van der Waals surface area contributed by atoms with Crippen molar-refractivity contribution in [2.24, 2.45) is 10.3 Å². The quantitative estimate of drug-likeness (QED) is 0.534. The molecule has 1 saturated carbocycles. The van der Waals surface area contributed by atoms with Gasteiger partial charge in [-0.05, 0) is 37.1 Å².